The summed E-state index contributed by atoms with van der Waals surface area (Å²) in [4.78, 5) is 12.7. The van der Waals surface area contributed by atoms with E-state index in [0.717, 1.165) is 22.3 Å². The number of aryl methyl sites for hydroxylation is 1. The number of hydrogen-bond acceptors (Lipinski definition) is 4. The van der Waals surface area contributed by atoms with Gasteiger partial charge in [-0.2, -0.15) is 5.10 Å². The number of rotatable bonds is 6. The highest BCUT2D eigenvalue weighted by Crippen LogP contribution is 2.26. The minimum Gasteiger partial charge on any atom is -0.334 e. The lowest BCUT2D eigenvalue weighted by molar-refractivity contribution is 0.237. The minimum absolute atomic E-state index is 0.162. The predicted octanol–water partition coefficient (Wildman–Crippen LogP) is 2.82. The van der Waals surface area contributed by atoms with Crippen molar-refractivity contribution >= 4 is 15.9 Å². The van der Waals surface area contributed by atoms with Gasteiger partial charge in [0.25, 0.3) is 0 Å². The first-order valence-corrected chi connectivity index (χ1v) is 11.5. The predicted molar refractivity (Wildman–Crippen MR) is 114 cm³/mol. The first kappa shape index (κ1) is 20.2. The summed E-state index contributed by atoms with van der Waals surface area (Å²) in [6, 6.07) is 14.8. The van der Waals surface area contributed by atoms with Crippen molar-refractivity contribution in [3.63, 3.8) is 0 Å². The van der Waals surface area contributed by atoms with E-state index in [1.165, 1.54) is 0 Å². The van der Waals surface area contributed by atoms with Crippen molar-refractivity contribution in [3.05, 3.63) is 83.2 Å². The number of fused-ring (bicyclic) bond motifs is 1. The molecule has 7 nitrogen and oxygen atoms in total. The Kier molecular flexibility index (Phi) is 5.59. The molecule has 0 saturated heterocycles. The number of aromatic nitrogens is 2. The molecule has 156 valence electrons. The Morgan fingerprint density at radius 1 is 1.17 bits per heavy atom. The Hall–Kier alpha value is -3.13. The summed E-state index contributed by atoms with van der Waals surface area (Å²) in [5.74, 6) is 0.162. The van der Waals surface area contributed by atoms with Crippen LogP contribution in [-0.4, -0.2) is 30.0 Å². The zero-order chi connectivity index (χ0) is 21.1. The van der Waals surface area contributed by atoms with Crippen molar-refractivity contribution in [3.8, 4) is 0 Å². The van der Waals surface area contributed by atoms with E-state index < -0.39 is 9.84 Å². The fourth-order valence-corrected chi connectivity index (χ4v) is 5.11. The Bertz CT molecular complexity index is 1160. The summed E-state index contributed by atoms with van der Waals surface area (Å²) in [6.45, 7) is 2.91. The lowest BCUT2D eigenvalue weighted by Crippen LogP contribution is -2.36. The molecule has 1 unspecified atom stereocenters. The normalized spacial score (nSPS) is 15.4. The van der Waals surface area contributed by atoms with Crippen molar-refractivity contribution < 1.29 is 13.2 Å². The van der Waals surface area contributed by atoms with Crippen LogP contribution in [0.4, 0.5) is 4.79 Å². The van der Waals surface area contributed by atoms with Gasteiger partial charge in [-0.1, -0.05) is 42.5 Å². The quantitative estimate of drug-likeness (QED) is 0.636. The first-order valence-electron chi connectivity index (χ1n) is 9.86. The molecule has 2 aromatic carbocycles. The molecule has 0 spiro atoms. The van der Waals surface area contributed by atoms with E-state index in [2.05, 4.69) is 15.7 Å². The molecule has 1 atom stereocenters. The zero-order valence-electron chi connectivity index (χ0n) is 16.7. The molecule has 1 aromatic heterocycles. The van der Waals surface area contributed by atoms with E-state index in [0.29, 0.717) is 24.4 Å². The van der Waals surface area contributed by atoms with Crippen LogP contribution in [0.5, 0.6) is 0 Å². The number of carbonyl (C=O) groups is 1. The van der Waals surface area contributed by atoms with Gasteiger partial charge in [0.15, 0.2) is 9.84 Å². The van der Waals surface area contributed by atoms with Gasteiger partial charge in [0.05, 0.1) is 29.4 Å². The van der Waals surface area contributed by atoms with Crippen LogP contribution in [0.1, 0.15) is 35.2 Å². The third-order valence-electron chi connectivity index (χ3n) is 5.24. The first-order chi connectivity index (χ1) is 14.4. The highest BCUT2D eigenvalue weighted by molar-refractivity contribution is 7.91. The summed E-state index contributed by atoms with van der Waals surface area (Å²) in [5.41, 5.74) is 3.79. The fraction of sp³-hybridized carbons (Fsp3) is 0.273. The second-order valence-corrected chi connectivity index (χ2v) is 9.59. The maximum Gasteiger partial charge on any atom is 0.315 e. The van der Waals surface area contributed by atoms with E-state index in [-0.39, 0.29) is 17.8 Å². The molecule has 0 saturated carbocycles. The molecule has 0 fully saturated rings. The van der Waals surface area contributed by atoms with Gasteiger partial charge < -0.3 is 10.6 Å². The molecule has 0 radical (unpaired) electrons. The Balaban J connectivity index is 1.30. The lowest BCUT2D eigenvalue weighted by atomic mass is 10.1. The van der Waals surface area contributed by atoms with Crippen LogP contribution in [0.3, 0.4) is 0 Å². The number of amides is 2. The Morgan fingerprint density at radius 3 is 2.77 bits per heavy atom. The SMILES string of the molecule is CC(NC(=O)NCc1ccc2c(c1)CCS2(=O)=O)c1cnn(Cc2ccccc2)c1. The monoisotopic (exact) mass is 424 g/mol. The van der Waals surface area contributed by atoms with Crippen molar-refractivity contribution in [1.82, 2.24) is 20.4 Å². The molecule has 2 heterocycles. The van der Waals surface area contributed by atoms with Gasteiger partial charge in [0.2, 0.25) is 0 Å². The van der Waals surface area contributed by atoms with Crippen LogP contribution in [-0.2, 0) is 29.3 Å². The molecule has 0 bridgehead atoms. The second kappa shape index (κ2) is 8.31. The Morgan fingerprint density at radius 2 is 1.97 bits per heavy atom. The van der Waals surface area contributed by atoms with Crippen LogP contribution < -0.4 is 10.6 Å². The number of sulfone groups is 1. The molecule has 2 N–H and O–H groups in total. The number of carbonyl (C=O) groups excluding carboxylic acids is 1. The van der Waals surface area contributed by atoms with Gasteiger partial charge in [0, 0.05) is 18.3 Å². The van der Waals surface area contributed by atoms with E-state index in [1.807, 2.05) is 54.2 Å². The molecule has 0 aliphatic carbocycles. The number of benzene rings is 2. The fourth-order valence-electron chi connectivity index (χ4n) is 3.57. The van der Waals surface area contributed by atoms with Gasteiger partial charge in [-0.25, -0.2) is 13.2 Å². The van der Waals surface area contributed by atoms with Gasteiger partial charge in [-0.05, 0) is 36.1 Å². The topological polar surface area (TPSA) is 93.1 Å². The molecule has 1 aliphatic rings. The molecule has 30 heavy (non-hydrogen) atoms. The summed E-state index contributed by atoms with van der Waals surface area (Å²) >= 11 is 0. The maximum atomic E-state index is 12.3. The number of nitrogens with one attached hydrogen (secondary N) is 2. The minimum atomic E-state index is -3.13. The highest BCUT2D eigenvalue weighted by Gasteiger charge is 2.25. The zero-order valence-corrected chi connectivity index (χ0v) is 17.5. The molecular formula is C22H24N4O3S. The maximum absolute atomic E-state index is 12.3. The molecule has 2 amide bonds. The molecular weight excluding hydrogens is 400 g/mol. The number of nitrogens with zero attached hydrogens (tertiary/aromatic N) is 2. The highest BCUT2D eigenvalue weighted by atomic mass is 32.2. The van der Waals surface area contributed by atoms with E-state index in [4.69, 9.17) is 0 Å². The van der Waals surface area contributed by atoms with E-state index >= 15 is 0 Å². The molecule has 3 aromatic rings. The van der Waals surface area contributed by atoms with Crippen LogP contribution in [0, 0.1) is 0 Å². The number of hydrogen-bond donors (Lipinski definition) is 2. The van der Waals surface area contributed by atoms with Crippen molar-refractivity contribution in [2.24, 2.45) is 0 Å². The smallest absolute Gasteiger partial charge is 0.315 e. The van der Waals surface area contributed by atoms with Crippen molar-refractivity contribution in [2.45, 2.75) is 37.4 Å². The summed E-state index contributed by atoms with van der Waals surface area (Å²) in [6.07, 6.45) is 4.22. The lowest BCUT2D eigenvalue weighted by Gasteiger charge is -2.13. The standard InChI is InChI=1S/C22H24N4O3S/c1-16(20-13-24-26(15-20)14-17-5-3-2-4-6-17)25-22(27)23-12-18-7-8-21-19(11-18)9-10-30(21,28)29/h2-8,11,13,15-16H,9-10,12,14H2,1H3,(H2,23,25,27). The van der Waals surface area contributed by atoms with Gasteiger partial charge in [0.1, 0.15) is 0 Å². The van der Waals surface area contributed by atoms with Gasteiger partial charge in [-0.3, -0.25) is 4.68 Å². The molecule has 1 aliphatic heterocycles. The molecule has 8 heteroatoms. The average Bonchev–Trinajstić information content (AvgIpc) is 3.31. The summed E-state index contributed by atoms with van der Waals surface area (Å²) in [7, 11) is -3.13. The summed E-state index contributed by atoms with van der Waals surface area (Å²) < 4.78 is 25.7. The van der Waals surface area contributed by atoms with Crippen LogP contribution in [0.2, 0.25) is 0 Å². The van der Waals surface area contributed by atoms with Gasteiger partial charge >= 0.3 is 6.03 Å². The largest absolute Gasteiger partial charge is 0.334 e. The number of urea groups is 1. The average molecular weight is 425 g/mol. The van der Waals surface area contributed by atoms with E-state index in [9.17, 15) is 13.2 Å². The van der Waals surface area contributed by atoms with Crippen LogP contribution in [0.15, 0.2) is 65.8 Å². The van der Waals surface area contributed by atoms with Crippen LogP contribution >= 0.6 is 0 Å². The van der Waals surface area contributed by atoms with Crippen molar-refractivity contribution in [1.29, 1.82) is 0 Å². The van der Waals surface area contributed by atoms with Crippen LogP contribution in [0.25, 0.3) is 0 Å². The third kappa shape index (κ3) is 4.54. The second-order valence-electron chi connectivity index (χ2n) is 7.52. The Labute approximate surface area is 176 Å². The third-order valence-corrected chi connectivity index (χ3v) is 7.05. The summed E-state index contributed by atoms with van der Waals surface area (Å²) in [5, 5.41) is 10.1. The van der Waals surface area contributed by atoms with Crippen molar-refractivity contribution in [2.75, 3.05) is 5.75 Å². The van der Waals surface area contributed by atoms with E-state index in [1.54, 1.807) is 18.3 Å². The molecule has 4 rings (SSSR count). The van der Waals surface area contributed by atoms with Gasteiger partial charge in [-0.15, -0.1) is 0 Å².